The molecule has 130 valence electrons. The molecule has 24 heavy (non-hydrogen) atoms. The molecule has 6 nitrogen and oxygen atoms in total. The molecule has 1 aromatic carbocycles. The van der Waals surface area contributed by atoms with E-state index in [9.17, 15) is 4.79 Å². The Labute approximate surface area is 142 Å². The van der Waals surface area contributed by atoms with Crippen LogP contribution >= 0.6 is 0 Å². The van der Waals surface area contributed by atoms with Crippen molar-refractivity contribution in [3.05, 3.63) is 53.9 Å². The Morgan fingerprint density at radius 1 is 1.21 bits per heavy atom. The molecule has 0 aliphatic rings. The van der Waals surface area contributed by atoms with Gasteiger partial charge in [0.05, 0.1) is 12.7 Å². The van der Waals surface area contributed by atoms with Crippen LogP contribution in [-0.4, -0.2) is 34.1 Å². The predicted molar refractivity (Wildman–Crippen MR) is 93.5 cm³/mol. The second kappa shape index (κ2) is 8.49. The van der Waals surface area contributed by atoms with E-state index in [1.54, 1.807) is 6.20 Å². The Morgan fingerprint density at radius 3 is 2.67 bits per heavy atom. The van der Waals surface area contributed by atoms with E-state index in [1.165, 1.54) is 5.56 Å². The fraction of sp³-hybridized carbons (Fsp3) is 0.444. The lowest BCUT2D eigenvalue weighted by Gasteiger charge is -2.23. The van der Waals surface area contributed by atoms with E-state index in [-0.39, 0.29) is 18.1 Å². The maximum atomic E-state index is 11.9. The van der Waals surface area contributed by atoms with Crippen LogP contribution in [0, 0.1) is 5.41 Å². The van der Waals surface area contributed by atoms with Gasteiger partial charge in [0.15, 0.2) is 0 Å². The lowest BCUT2D eigenvalue weighted by atomic mass is 9.90. The van der Waals surface area contributed by atoms with Gasteiger partial charge in [-0.2, -0.15) is 5.10 Å². The molecule has 2 amide bonds. The summed E-state index contributed by atoms with van der Waals surface area (Å²) < 4.78 is 1.86. The first-order chi connectivity index (χ1) is 11.5. The Hall–Kier alpha value is -2.34. The van der Waals surface area contributed by atoms with Gasteiger partial charge in [-0.3, -0.25) is 4.68 Å². The van der Waals surface area contributed by atoms with E-state index in [2.05, 4.69) is 27.9 Å². The van der Waals surface area contributed by atoms with Crippen LogP contribution in [0.2, 0.25) is 0 Å². The SMILES string of the molecule is CC(C)(CCO)CNC(=O)NCc1cnn(Cc2ccccc2)c1. The zero-order valence-corrected chi connectivity index (χ0v) is 14.3. The minimum absolute atomic E-state index is 0.118. The van der Waals surface area contributed by atoms with E-state index in [0.717, 1.165) is 5.56 Å². The fourth-order valence-corrected chi connectivity index (χ4v) is 2.31. The number of carbonyl (C=O) groups is 1. The van der Waals surface area contributed by atoms with Crippen molar-refractivity contribution >= 4 is 6.03 Å². The first-order valence-electron chi connectivity index (χ1n) is 8.16. The van der Waals surface area contributed by atoms with Crippen molar-refractivity contribution in [2.75, 3.05) is 13.2 Å². The zero-order valence-electron chi connectivity index (χ0n) is 14.3. The Bertz CT molecular complexity index is 637. The van der Waals surface area contributed by atoms with Gasteiger partial charge in [0.1, 0.15) is 0 Å². The molecule has 0 aliphatic carbocycles. The fourth-order valence-electron chi connectivity index (χ4n) is 2.31. The topological polar surface area (TPSA) is 79.2 Å². The van der Waals surface area contributed by atoms with Crippen LogP contribution in [0.15, 0.2) is 42.7 Å². The number of benzene rings is 1. The number of hydrogen-bond acceptors (Lipinski definition) is 3. The third-order valence-electron chi connectivity index (χ3n) is 3.84. The number of nitrogens with zero attached hydrogens (tertiary/aromatic N) is 2. The Kier molecular flexibility index (Phi) is 6.37. The van der Waals surface area contributed by atoms with Crippen LogP contribution in [0.1, 0.15) is 31.4 Å². The van der Waals surface area contributed by atoms with E-state index >= 15 is 0 Å². The molecule has 0 fully saturated rings. The minimum atomic E-state index is -0.211. The van der Waals surface area contributed by atoms with Gasteiger partial charge < -0.3 is 15.7 Å². The highest BCUT2D eigenvalue weighted by atomic mass is 16.3. The molecular formula is C18H26N4O2. The molecule has 1 aromatic heterocycles. The van der Waals surface area contributed by atoms with Gasteiger partial charge in [-0.1, -0.05) is 44.2 Å². The lowest BCUT2D eigenvalue weighted by Crippen LogP contribution is -2.40. The molecular weight excluding hydrogens is 304 g/mol. The standard InChI is InChI=1S/C18H26N4O2/c1-18(2,8-9-23)14-20-17(24)19-10-16-11-21-22(13-16)12-15-6-4-3-5-7-15/h3-7,11,13,23H,8-10,12,14H2,1-2H3,(H2,19,20,24). The largest absolute Gasteiger partial charge is 0.396 e. The quantitative estimate of drug-likeness (QED) is 0.694. The van der Waals surface area contributed by atoms with Gasteiger partial charge in [0, 0.05) is 31.5 Å². The maximum absolute atomic E-state index is 11.9. The van der Waals surface area contributed by atoms with Crippen LogP contribution in [0.5, 0.6) is 0 Å². The molecule has 0 saturated heterocycles. The molecule has 0 unspecified atom stereocenters. The van der Waals surface area contributed by atoms with Crippen LogP contribution in [0.3, 0.4) is 0 Å². The number of urea groups is 1. The first-order valence-corrected chi connectivity index (χ1v) is 8.16. The number of rotatable bonds is 8. The molecule has 1 heterocycles. The van der Waals surface area contributed by atoms with Crippen LogP contribution in [0.4, 0.5) is 4.79 Å². The van der Waals surface area contributed by atoms with E-state index < -0.39 is 0 Å². The molecule has 0 atom stereocenters. The maximum Gasteiger partial charge on any atom is 0.315 e. The molecule has 0 spiro atoms. The molecule has 6 heteroatoms. The van der Waals surface area contributed by atoms with Gasteiger partial charge in [-0.25, -0.2) is 4.79 Å². The highest BCUT2D eigenvalue weighted by Crippen LogP contribution is 2.17. The summed E-state index contributed by atoms with van der Waals surface area (Å²) in [6, 6.07) is 9.90. The Morgan fingerprint density at radius 2 is 1.96 bits per heavy atom. The third-order valence-corrected chi connectivity index (χ3v) is 3.84. The Balaban J connectivity index is 1.75. The summed E-state index contributed by atoms with van der Waals surface area (Å²) in [5.74, 6) is 0. The second-order valence-corrected chi connectivity index (χ2v) is 6.71. The van der Waals surface area contributed by atoms with Crippen molar-refractivity contribution in [3.63, 3.8) is 0 Å². The number of aliphatic hydroxyl groups is 1. The van der Waals surface area contributed by atoms with Crippen molar-refractivity contribution in [3.8, 4) is 0 Å². The van der Waals surface area contributed by atoms with Gasteiger partial charge in [-0.15, -0.1) is 0 Å². The average molecular weight is 330 g/mol. The van der Waals surface area contributed by atoms with Gasteiger partial charge in [-0.05, 0) is 17.4 Å². The van der Waals surface area contributed by atoms with E-state index in [0.29, 0.717) is 26.1 Å². The molecule has 2 rings (SSSR count). The van der Waals surface area contributed by atoms with Crippen molar-refractivity contribution in [2.45, 2.75) is 33.4 Å². The third kappa shape index (κ3) is 6.04. The van der Waals surface area contributed by atoms with Crippen LogP contribution in [0.25, 0.3) is 0 Å². The van der Waals surface area contributed by atoms with Crippen molar-refractivity contribution in [1.29, 1.82) is 0 Å². The van der Waals surface area contributed by atoms with E-state index in [1.807, 2.05) is 42.9 Å². The molecule has 0 bridgehead atoms. The summed E-state index contributed by atoms with van der Waals surface area (Å²) in [5, 5.41) is 19.0. The molecule has 2 aromatic rings. The first kappa shape index (κ1) is 18.0. The number of aromatic nitrogens is 2. The summed E-state index contributed by atoms with van der Waals surface area (Å²) in [4.78, 5) is 11.9. The smallest absolute Gasteiger partial charge is 0.315 e. The number of nitrogens with one attached hydrogen (secondary N) is 2. The van der Waals surface area contributed by atoms with Crippen LogP contribution in [-0.2, 0) is 13.1 Å². The second-order valence-electron chi connectivity index (χ2n) is 6.71. The minimum Gasteiger partial charge on any atom is -0.396 e. The van der Waals surface area contributed by atoms with Gasteiger partial charge in [0.25, 0.3) is 0 Å². The molecule has 3 N–H and O–H groups in total. The van der Waals surface area contributed by atoms with Crippen LogP contribution < -0.4 is 10.6 Å². The number of aliphatic hydroxyl groups excluding tert-OH is 1. The summed E-state index contributed by atoms with van der Waals surface area (Å²) in [6.45, 7) is 5.81. The summed E-state index contributed by atoms with van der Waals surface area (Å²) >= 11 is 0. The average Bonchev–Trinajstić information content (AvgIpc) is 2.99. The van der Waals surface area contributed by atoms with E-state index in [4.69, 9.17) is 5.11 Å². The normalized spacial score (nSPS) is 11.3. The zero-order chi connectivity index (χ0) is 17.4. The van der Waals surface area contributed by atoms with Crippen molar-refractivity contribution < 1.29 is 9.90 Å². The summed E-state index contributed by atoms with van der Waals surface area (Å²) in [7, 11) is 0. The highest BCUT2D eigenvalue weighted by molar-refractivity contribution is 5.73. The lowest BCUT2D eigenvalue weighted by molar-refractivity contribution is 0.201. The van der Waals surface area contributed by atoms with Gasteiger partial charge in [0.2, 0.25) is 0 Å². The summed E-state index contributed by atoms with van der Waals surface area (Å²) in [5.41, 5.74) is 2.02. The van der Waals surface area contributed by atoms with Gasteiger partial charge >= 0.3 is 6.03 Å². The number of amides is 2. The predicted octanol–water partition coefficient (Wildman–Crippen LogP) is 2.14. The molecule has 0 aliphatic heterocycles. The number of carbonyl (C=O) groups excluding carboxylic acids is 1. The monoisotopic (exact) mass is 330 g/mol. The highest BCUT2D eigenvalue weighted by Gasteiger charge is 2.17. The van der Waals surface area contributed by atoms with Crippen molar-refractivity contribution in [2.24, 2.45) is 5.41 Å². The number of hydrogen-bond donors (Lipinski definition) is 3. The van der Waals surface area contributed by atoms with Crippen molar-refractivity contribution in [1.82, 2.24) is 20.4 Å². The summed E-state index contributed by atoms with van der Waals surface area (Å²) in [6.07, 6.45) is 4.35. The molecule has 0 saturated carbocycles. The molecule has 0 radical (unpaired) electrons.